The largest absolute Gasteiger partial charge is 0.341 e. The molecule has 0 heterocycles. The van der Waals surface area contributed by atoms with Gasteiger partial charge in [0.2, 0.25) is 5.91 Å². The molecule has 2 aromatic rings. The van der Waals surface area contributed by atoms with Crippen molar-refractivity contribution in [1.82, 2.24) is 4.90 Å². The van der Waals surface area contributed by atoms with Crippen LogP contribution < -0.4 is 5.73 Å². The first-order valence-corrected chi connectivity index (χ1v) is 8.98. The molecule has 0 aliphatic rings. The van der Waals surface area contributed by atoms with Gasteiger partial charge < -0.3 is 10.6 Å². The van der Waals surface area contributed by atoms with E-state index in [-0.39, 0.29) is 5.91 Å². The number of amides is 1. The van der Waals surface area contributed by atoms with Crippen LogP contribution in [0.2, 0.25) is 0 Å². The minimum atomic E-state index is 0.190. The van der Waals surface area contributed by atoms with E-state index in [0.29, 0.717) is 19.5 Å². The van der Waals surface area contributed by atoms with E-state index >= 15 is 0 Å². The number of hydrogen-bond acceptors (Lipinski definition) is 3. The topological polar surface area (TPSA) is 46.3 Å². The zero-order valence-electron chi connectivity index (χ0n) is 13.4. The Balaban J connectivity index is 1.78. The highest BCUT2D eigenvalue weighted by Gasteiger charge is 2.12. The van der Waals surface area contributed by atoms with Crippen LogP contribution in [-0.4, -0.2) is 36.2 Å². The Hall–Kier alpha value is -1.78. The van der Waals surface area contributed by atoms with E-state index in [1.54, 1.807) is 11.8 Å². The lowest BCUT2D eigenvalue weighted by atomic mass is 10.1. The molecular weight excluding hydrogens is 304 g/mol. The second kappa shape index (κ2) is 10.1. The van der Waals surface area contributed by atoms with Crippen molar-refractivity contribution < 1.29 is 4.79 Å². The predicted octanol–water partition coefficient (Wildman–Crippen LogP) is 3.20. The average molecular weight is 328 g/mol. The van der Waals surface area contributed by atoms with Gasteiger partial charge in [-0.25, -0.2) is 0 Å². The number of carbonyl (C=O) groups is 1. The molecule has 0 saturated heterocycles. The zero-order chi connectivity index (χ0) is 16.3. The smallest absolute Gasteiger partial charge is 0.223 e. The molecule has 23 heavy (non-hydrogen) atoms. The first-order chi connectivity index (χ1) is 11.3. The molecule has 0 aliphatic carbocycles. The van der Waals surface area contributed by atoms with Gasteiger partial charge in [-0.3, -0.25) is 4.79 Å². The molecule has 2 aromatic carbocycles. The molecule has 0 fully saturated rings. The second-order valence-corrected chi connectivity index (χ2v) is 6.48. The third kappa shape index (κ3) is 6.47. The number of thioether (sulfide) groups is 1. The summed E-state index contributed by atoms with van der Waals surface area (Å²) < 4.78 is 0. The van der Waals surface area contributed by atoms with Crippen molar-refractivity contribution in [2.45, 2.75) is 17.7 Å². The van der Waals surface area contributed by atoms with Crippen LogP contribution in [0, 0.1) is 0 Å². The zero-order valence-corrected chi connectivity index (χ0v) is 14.2. The van der Waals surface area contributed by atoms with E-state index in [1.165, 1.54) is 10.5 Å². The van der Waals surface area contributed by atoms with Crippen molar-refractivity contribution >= 4 is 17.7 Å². The summed E-state index contributed by atoms with van der Waals surface area (Å²) in [7, 11) is 0. The number of nitrogens with zero attached hydrogens (tertiary/aromatic N) is 1. The van der Waals surface area contributed by atoms with Gasteiger partial charge in [0.15, 0.2) is 0 Å². The van der Waals surface area contributed by atoms with E-state index < -0.39 is 0 Å². The lowest BCUT2D eigenvalue weighted by Gasteiger charge is -2.22. The van der Waals surface area contributed by atoms with Crippen molar-refractivity contribution in [2.75, 3.05) is 25.4 Å². The predicted molar refractivity (Wildman–Crippen MR) is 97.6 cm³/mol. The Morgan fingerprint density at radius 2 is 1.61 bits per heavy atom. The highest BCUT2D eigenvalue weighted by atomic mass is 32.2. The third-order valence-electron chi connectivity index (χ3n) is 3.59. The van der Waals surface area contributed by atoms with Crippen molar-refractivity contribution in [3.8, 4) is 0 Å². The van der Waals surface area contributed by atoms with Gasteiger partial charge in [-0.15, -0.1) is 11.8 Å². The van der Waals surface area contributed by atoms with Crippen LogP contribution in [0.5, 0.6) is 0 Å². The molecule has 3 nitrogen and oxygen atoms in total. The van der Waals surface area contributed by atoms with Gasteiger partial charge in [-0.1, -0.05) is 48.5 Å². The summed E-state index contributed by atoms with van der Waals surface area (Å²) in [6.45, 7) is 1.87. The molecule has 122 valence electrons. The SMILES string of the molecule is NCCN(CCc1ccccc1)C(=O)CCSc1ccccc1. The van der Waals surface area contributed by atoms with Gasteiger partial charge in [-0.2, -0.15) is 0 Å². The Kier molecular flexibility index (Phi) is 7.70. The molecule has 0 bridgehead atoms. The highest BCUT2D eigenvalue weighted by Crippen LogP contribution is 2.18. The van der Waals surface area contributed by atoms with Crippen LogP contribution in [0.15, 0.2) is 65.6 Å². The maximum Gasteiger partial charge on any atom is 0.223 e. The molecule has 0 aromatic heterocycles. The van der Waals surface area contributed by atoms with Crippen molar-refractivity contribution in [3.05, 3.63) is 66.2 Å². The van der Waals surface area contributed by atoms with E-state index in [0.717, 1.165) is 18.7 Å². The quantitative estimate of drug-likeness (QED) is 0.719. The lowest BCUT2D eigenvalue weighted by molar-refractivity contribution is -0.130. The van der Waals surface area contributed by atoms with Crippen molar-refractivity contribution in [1.29, 1.82) is 0 Å². The van der Waals surface area contributed by atoms with Crippen LogP contribution in [0.1, 0.15) is 12.0 Å². The normalized spacial score (nSPS) is 10.5. The van der Waals surface area contributed by atoms with Crippen molar-refractivity contribution in [3.63, 3.8) is 0 Å². The summed E-state index contributed by atoms with van der Waals surface area (Å²) in [6.07, 6.45) is 1.42. The standard InChI is InChI=1S/C19H24N2OS/c20-13-15-21(14-11-17-7-3-1-4-8-17)19(22)12-16-23-18-9-5-2-6-10-18/h1-10H,11-16,20H2. The van der Waals surface area contributed by atoms with Crippen molar-refractivity contribution in [2.24, 2.45) is 5.73 Å². The molecule has 2 N–H and O–H groups in total. The minimum absolute atomic E-state index is 0.190. The van der Waals surface area contributed by atoms with E-state index in [1.807, 2.05) is 41.3 Å². The molecule has 2 rings (SSSR count). The number of benzene rings is 2. The molecule has 0 radical (unpaired) electrons. The van der Waals surface area contributed by atoms with Crippen LogP contribution in [0.4, 0.5) is 0 Å². The van der Waals surface area contributed by atoms with Gasteiger partial charge in [0.1, 0.15) is 0 Å². The number of carbonyl (C=O) groups excluding carboxylic acids is 1. The van der Waals surface area contributed by atoms with E-state index in [2.05, 4.69) is 24.3 Å². The first-order valence-electron chi connectivity index (χ1n) is 7.99. The Bertz CT molecular complexity index is 574. The molecule has 0 unspecified atom stereocenters. The molecular formula is C19H24N2OS. The fourth-order valence-electron chi connectivity index (χ4n) is 2.36. The molecule has 0 spiro atoms. The van der Waals surface area contributed by atoms with Gasteiger partial charge in [-0.05, 0) is 24.1 Å². The summed E-state index contributed by atoms with van der Waals surface area (Å²) in [5, 5.41) is 0. The van der Waals surface area contributed by atoms with Crippen LogP contribution >= 0.6 is 11.8 Å². The molecule has 0 aliphatic heterocycles. The third-order valence-corrected chi connectivity index (χ3v) is 4.61. The van der Waals surface area contributed by atoms with Crippen LogP contribution in [0.3, 0.4) is 0 Å². The fourth-order valence-corrected chi connectivity index (χ4v) is 3.22. The van der Waals surface area contributed by atoms with E-state index in [9.17, 15) is 4.79 Å². The van der Waals surface area contributed by atoms with Gasteiger partial charge in [0, 0.05) is 36.7 Å². The summed E-state index contributed by atoms with van der Waals surface area (Å²) in [5.74, 6) is 0.990. The van der Waals surface area contributed by atoms with Crippen LogP contribution in [-0.2, 0) is 11.2 Å². The van der Waals surface area contributed by atoms with Crippen LogP contribution in [0.25, 0.3) is 0 Å². The summed E-state index contributed by atoms with van der Waals surface area (Å²) in [4.78, 5) is 15.5. The number of rotatable bonds is 9. The first kappa shape index (κ1) is 17.6. The lowest BCUT2D eigenvalue weighted by Crippen LogP contribution is -2.37. The van der Waals surface area contributed by atoms with Gasteiger partial charge in [0.25, 0.3) is 0 Å². The molecule has 1 amide bonds. The Labute approximate surface area is 142 Å². The maximum atomic E-state index is 12.4. The Morgan fingerprint density at radius 1 is 0.957 bits per heavy atom. The average Bonchev–Trinajstić information content (AvgIpc) is 2.60. The number of hydrogen-bond donors (Lipinski definition) is 1. The molecule has 0 saturated carbocycles. The summed E-state index contributed by atoms with van der Waals surface area (Å²) >= 11 is 1.72. The molecule has 0 atom stereocenters. The fraction of sp³-hybridized carbons (Fsp3) is 0.316. The van der Waals surface area contributed by atoms with Gasteiger partial charge in [0.05, 0.1) is 0 Å². The number of nitrogens with two attached hydrogens (primary N) is 1. The minimum Gasteiger partial charge on any atom is -0.341 e. The highest BCUT2D eigenvalue weighted by molar-refractivity contribution is 7.99. The summed E-state index contributed by atoms with van der Waals surface area (Å²) in [6, 6.07) is 20.4. The maximum absolute atomic E-state index is 12.4. The van der Waals surface area contributed by atoms with Gasteiger partial charge >= 0.3 is 0 Å². The summed E-state index contributed by atoms with van der Waals surface area (Å²) in [5.41, 5.74) is 6.91. The second-order valence-electron chi connectivity index (χ2n) is 5.32. The molecule has 4 heteroatoms. The van der Waals surface area contributed by atoms with E-state index in [4.69, 9.17) is 5.73 Å². The Morgan fingerprint density at radius 3 is 2.26 bits per heavy atom. The monoisotopic (exact) mass is 328 g/mol.